The van der Waals surface area contributed by atoms with Gasteiger partial charge in [-0.3, -0.25) is 9.69 Å². The molecule has 0 atom stereocenters. The molecule has 10 nitrogen and oxygen atoms in total. The summed E-state index contributed by atoms with van der Waals surface area (Å²) in [6.45, 7) is 3.77. The minimum Gasteiger partial charge on any atom is -0.497 e. The van der Waals surface area contributed by atoms with Crippen LogP contribution < -0.4 is 9.64 Å². The number of piperazine rings is 1. The Morgan fingerprint density at radius 3 is 2.00 bits per heavy atom. The van der Waals surface area contributed by atoms with Crippen LogP contribution in [0.2, 0.25) is 0 Å². The van der Waals surface area contributed by atoms with Crippen LogP contribution in [-0.2, 0) is 9.59 Å². The van der Waals surface area contributed by atoms with E-state index in [4.69, 9.17) is 24.5 Å². The predicted octanol–water partition coefficient (Wildman–Crippen LogP) is 0.646. The average Bonchev–Trinajstić information content (AvgIpc) is 2.75. The van der Waals surface area contributed by atoms with Crippen LogP contribution >= 0.6 is 0 Å². The normalized spacial score (nSPS) is 13.8. The molecule has 2 N–H and O–H groups in total. The van der Waals surface area contributed by atoms with Gasteiger partial charge in [0.05, 0.1) is 13.7 Å². The van der Waals surface area contributed by atoms with Gasteiger partial charge in [0.15, 0.2) is 5.78 Å². The molecule has 0 radical (unpaired) electrons. The van der Waals surface area contributed by atoms with Crippen molar-refractivity contribution >= 4 is 23.7 Å². The predicted molar refractivity (Wildman–Crippen MR) is 103 cm³/mol. The number of carbonyl (C=O) groups is 3. The van der Waals surface area contributed by atoms with Crippen molar-refractivity contribution < 1.29 is 29.3 Å². The maximum absolute atomic E-state index is 12.3. The fraction of sp³-hybridized carbons (Fsp3) is 0.316. The fourth-order valence-electron chi connectivity index (χ4n) is 2.63. The molecular weight excluding hydrogens is 380 g/mol. The van der Waals surface area contributed by atoms with Crippen molar-refractivity contribution in [2.24, 2.45) is 0 Å². The zero-order valence-corrected chi connectivity index (χ0v) is 15.9. The third-order valence-electron chi connectivity index (χ3n) is 4.17. The highest BCUT2D eigenvalue weighted by atomic mass is 16.5. The Bertz CT molecular complexity index is 808. The molecule has 1 aliphatic heterocycles. The molecular formula is C19H22N4O6. The van der Waals surface area contributed by atoms with Crippen molar-refractivity contribution in [1.29, 1.82) is 0 Å². The van der Waals surface area contributed by atoms with E-state index < -0.39 is 11.9 Å². The maximum Gasteiger partial charge on any atom is 0.414 e. The number of hydrogen-bond donors (Lipinski definition) is 2. The Hall–Kier alpha value is -3.53. The van der Waals surface area contributed by atoms with Crippen molar-refractivity contribution in [2.75, 3.05) is 44.7 Å². The van der Waals surface area contributed by atoms with Crippen LogP contribution in [0.15, 0.2) is 42.7 Å². The first kappa shape index (κ1) is 21.8. The summed E-state index contributed by atoms with van der Waals surface area (Å²) < 4.78 is 5.11. The number of anilines is 1. The van der Waals surface area contributed by atoms with E-state index in [2.05, 4.69) is 19.8 Å². The van der Waals surface area contributed by atoms with Gasteiger partial charge in [-0.25, -0.2) is 19.6 Å². The number of aromatic nitrogens is 2. The van der Waals surface area contributed by atoms with E-state index in [1.54, 1.807) is 19.5 Å². The van der Waals surface area contributed by atoms with Gasteiger partial charge in [-0.2, -0.15) is 0 Å². The lowest BCUT2D eigenvalue weighted by Crippen LogP contribution is -2.48. The van der Waals surface area contributed by atoms with Gasteiger partial charge in [-0.05, 0) is 30.3 Å². The van der Waals surface area contributed by atoms with Crippen LogP contribution in [0.4, 0.5) is 5.95 Å². The molecule has 2 heterocycles. The second-order valence-corrected chi connectivity index (χ2v) is 6.07. The Balaban J connectivity index is 0.000000438. The van der Waals surface area contributed by atoms with Gasteiger partial charge in [0.25, 0.3) is 0 Å². The highest BCUT2D eigenvalue weighted by Gasteiger charge is 2.20. The fourth-order valence-corrected chi connectivity index (χ4v) is 2.63. The number of hydrogen-bond acceptors (Lipinski definition) is 8. The summed E-state index contributed by atoms with van der Waals surface area (Å²) in [6, 6.07) is 9.08. The molecule has 1 saturated heterocycles. The van der Waals surface area contributed by atoms with Gasteiger partial charge in [0.1, 0.15) is 5.75 Å². The number of rotatable bonds is 5. The molecule has 1 aromatic heterocycles. The lowest BCUT2D eigenvalue weighted by atomic mass is 10.1. The zero-order chi connectivity index (χ0) is 21.2. The standard InChI is InChI=1S/C17H20N4O2.C2H2O4/c1-23-15-5-3-14(4-6-15)16(22)13-20-9-11-21(12-10-20)17-18-7-2-8-19-17;3-1(4)2(5)6/h2-8H,9-13H2,1H3;(H,3,4)(H,5,6). The van der Waals surface area contributed by atoms with Gasteiger partial charge in [-0.1, -0.05) is 0 Å². The maximum atomic E-state index is 12.3. The molecule has 1 aliphatic rings. The number of carboxylic acid groups (broad SMARTS) is 2. The second kappa shape index (κ2) is 10.7. The summed E-state index contributed by atoms with van der Waals surface area (Å²) in [5.41, 5.74) is 0.722. The number of methoxy groups -OCH3 is 1. The summed E-state index contributed by atoms with van der Waals surface area (Å²) in [4.78, 5) is 43.4. The SMILES string of the molecule is COc1ccc(C(=O)CN2CCN(c3ncccn3)CC2)cc1.O=C(O)C(=O)O. The minimum absolute atomic E-state index is 0.136. The minimum atomic E-state index is -1.82. The van der Waals surface area contributed by atoms with Crippen molar-refractivity contribution in [3.8, 4) is 5.75 Å². The molecule has 0 saturated carbocycles. The smallest absolute Gasteiger partial charge is 0.414 e. The Morgan fingerprint density at radius 2 is 1.52 bits per heavy atom. The first-order valence-corrected chi connectivity index (χ1v) is 8.78. The lowest BCUT2D eigenvalue weighted by Gasteiger charge is -2.34. The molecule has 29 heavy (non-hydrogen) atoms. The largest absolute Gasteiger partial charge is 0.497 e. The lowest BCUT2D eigenvalue weighted by molar-refractivity contribution is -0.159. The van der Waals surface area contributed by atoms with E-state index >= 15 is 0 Å². The first-order chi connectivity index (χ1) is 13.9. The number of nitrogens with zero attached hydrogens (tertiary/aromatic N) is 4. The molecule has 10 heteroatoms. The van der Waals surface area contributed by atoms with E-state index in [1.165, 1.54) is 0 Å². The van der Waals surface area contributed by atoms with Crippen molar-refractivity contribution in [2.45, 2.75) is 0 Å². The Labute approximate surface area is 167 Å². The van der Waals surface area contributed by atoms with Crippen LogP contribution in [0.5, 0.6) is 5.75 Å². The average molecular weight is 402 g/mol. The van der Waals surface area contributed by atoms with E-state index in [1.807, 2.05) is 30.3 Å². The van der Waals surface area contributed by atoms with E-state index in [0.717, 1.165) is 43.4 Å². The number of benzene rings is 1. The van der Waals surface area contributed by atoms with Gasteiger partial charge >= 0.3 is 11.9 Å². The second-order valence-electron chi connectivity index (χ2n) is 6.07. The van der Waals surface area contributed by atoms with Crippen molar-refractivity contribution in [3.63, 3.8) is 0 Å². The summed E-state index contributed by atoms with van der Waals surface area (Å²) in [5, 5.41) is 14.8. The molecule has 1 aromatic carbocycles. The third-order valence-corrected chi connectivity index (χ3v) is 4.17. The first-order valence-electron chi connectivity index (χ1n) is 8.78. The summed E-state index contributed by atoms with van der Waals surface area (Å²) in [5.74, 6) is -1.99. The topological polar surface area (TPSA) is 133 Å². The van der Waals surface area contributed by atoms with Crippen LogP contribution in [-0.4, -0.2) is 82.6 Å². The van der Waals surface area contributed by atoms with Crippen molar-refractivity contribution in [3.05, 3.63) is 48.3 Å². The van der Waals surface area contributed by atoms with Crippen LogP contribution in [0.1, 0.15) is 10.4 Å². The third kappa shape index (κ3) is 6.85. The molecule has 0 aliphatic carbocycles. The number of Topliss-reactive ketones (excluding diaryl/α,β-unsaturated/α-hetero) is 1. The summed E-state index contributed by atoms with van der Waals surface area (Å²) in [7, 11) is 1.62. The number of carboxylic acids is 2. The van der Waals surface area contributed by atoms with Crippen LogP contribution in [0.25, 0.3) is 0 Å². The van der Waals surface area contributed by atoms with Gasteiger partial charge in [0, 0.05) is 44.1 Å². The number of ether oxygens (including phenoxy) is 1. The molecule has 0 amide bonds. The zero-order valence-electron chi connectivity index (χ0n) is 15.9. The number of aliphatic carboxylic acids is 2. The number of ketones is 1. The van der Waals surface area contributed by atoms with Gasteiger partial charge in [0.2, 0.25) is 5.95 Å². The molecule has 0 unspecified atom stereocenters. The Kier molecular flexibility index (Phi) is 8.04. The molecule has 0 bridgehead atoms. The molecule has 2 aromatic rings. The number of carbonyl (C=O) groups excluding carboxylic acids is 1. The molecule has 3 rings (SSSR count). The van der Waals surface area contributed by atoms with E-state index in [-0.39, 0.29) is 5.78 Å². The van der Waals surface area contributed by atoms with E-state index in [0.29, 0.717) is 6.54 Å². The summed E-state index contributed by atoms with van der Waals surface area (Å²) in [6.07, 6.45) is 3.50. The summed E-state index contributed by atoms with van der Waals surface area (Å²) >= 11 is 0. The van der Waals surface area contributed by atoms with Crippen molar-refractivity contribution in [1.82, 2.24) is 14.9 Å². The van der Waals surface area contributed by atoms with Gasteiger partial charge in [-0.15, -0.1) is 0 Å². The molecule has 0 spiro atoms. The van der Waals surface area contributed by atoms with Crippen LogP contribution in [0.3, 0.4) is 0 Å². The van der Waals surface area contributed by atoms with Gasteiger partial charge < -0.3 is 19.8 Å². The monoisotopic (exact) mass is 402 g/mol. The molecule has 154 valence electrons. The molecule has 1 fully saturated rings. The Morgan fingerprint density at radius 1 is 0.966 bits per heavy atom. The van der Waals surface area contributed by atoms with E-state index in [9.17, 15) is 4.79 Å². The quantitative estimate of drug-likeness (QED) is 0.542. The highest BCUT2D eigenvalue weighted by molar-refractivity contribution is 6.27. The highest BCUT2D eigenvalue weighted by Crippen LogP contribution is 2.13. The van der Waals surface area contributed by atoms with Crippen LogP contribution in [0, 0.1) is 0 Å².